The van der Waals surface area contributed by atoms with Crippen LogP contribution in [-0.2, 0) is 11.3 Å². The molecule has 1 atom stereocenters. The van der Waals surface area contributed by atoms with Gasteiger partial charge in [0.15, 0.2) is 0 Å². The van der Waals surface area contributed by atoms with Crippen LogP contribution in [-0.4, -0.2) is 53.2 Å². The van der Waals surface area contributed by atoms with E-state index >= 15 is 0 Å². The molecule has 2 rings (SSSR count). The zero-order chi connectivity index (χ0) is 15.5. The molecule has 0 spiro atoms. The maximum atomic E-state index is 12.0. The van der Waals surface area contributed by atoms with Crippen LogP contribution in [0, 0.1) is 5.92 Å². The van der Waals surface area contributed by atoms with Gasteiger partial charge in [-0.2, -0.15) is 0 Å². The highest BCUT2D eigenvalue weighted by molar-refractivity contribution is 7.09. The molecule has 1 amide bonds. The summed E-state index contributed by atoms with van der Waals surface area (Å²) in [5, 5.41) is 0. The fourth-order valence-electron chi connectivity index (χ4n) is 2.57. The number of hydrogen-bond donors (Lipinski definition) is 0. The summed E-state index contributed by atoms with van der Waals surface area (Å²) < 4.78 is 5.43. The highest BCUT2D eigenvalue weighted by Crippen LogP contribution is 2.21. The first-order valence-electron chi connectivity index (χ1n) is 7.37. The second kappa shape index (κ2) is 6.75. The van der Waals surface area contributed by atoms with Crippen molar-refractivity contribution in [2.75, 3.05) is 26.7 Å². The maximum absolute atomic E-state index is 12.0. The molecule has 118 valence electrons. The summed E-state index contributed by atoms with van der Waals surface area (Å²) in [4.78, 5) is 21.5. The van der Waals surface area contributed by atoms with E-state index in [4.69, 9.17) is 4.74 Å². The van der Waals surface area contributed by atoms with Gasteiger partial charge in [0.1, 0.15) is 5.60 Å². The van der Waals surface area contributed by atoms with E-state index in [1.807, 2.05) is 37.4 Å². The van der Waals surface area contributed by atoms with Gasteiger partial charge in [0.25, 0.3) is 0 Å². The van der Waals surface area contributed by atoms with Crippen LogP contribution in [0.5, 0.6) is 0 Å². The van der Waals surface area contributed by atoms with Crippen LogP contribution in [0.3, 0.4) is 0 Å². The van der Waals surface area contributed by atoms with Gasteiger partial charge in [0.2, 0.25) is 0 Å². The van der Waals surface area contributed by atoms with Crippen LogP contribution in [0.4, 0.5) is 4.79 Å². The van der Waals surface area contributed by atoms with Crippen LogP contribution in [0.15, 0.2) is 11.7 Å². The Balaban J connectivity index is 1.76. The van der Waals surface area contributed by atoms with Gasteiger partial charge in [-0.3, -0.25) is 4.98 Å². The Morgan fingerprint density at radius 3 is 2.95 bits per heavy atom. The third-order valence-electron chi connectivity index (χ3n) is 3.42. The van der Waals surface area contributed by atoms with Crippen LogP contribution in [0.2, 0.25) is 0 Å². The van der Waals surface area contributed by atoms with Crippen LogP contribution in [0.25, 0.3) is 0 Å². The molecule has 5 nitrogen and oxygen atoms in total. The van der Waals surface area contributed by atoms with Gasteiger partial charge < -0.3 is 14.5 Å². The van der Waals surface area contributed by atoms with Crippen molar-refractivity contribution in [2.45, 2.75) is 39.3 Å². The molecular formula is C15H25N3O2S. The fraction of sp³-hybridized carbons (Fsp3) is 0.733. The molecule has 1 aliphatic heterocycles. The van der Waals surface area contributed by atoms with Crippen molar-refractivity contribution in [3.8, 4) is 0 Å². The van der Waals surface area contributed by atoms with Gasteiger partial charge >= 0.3 is 6.09 Å². The van der Waals surface area contributed by atoms with Crippen LogP contribution in [0.1, 0.15) is 32.1 Å². The number of hydrogen-bond acceptors (Lipinski definition) is 5. The van der Waals surface area contributed by atoms with Crippen molar-refractivity contribution in [1.29, 1.82) is 0 Å². The quantitative estimate of drug-likeness (QED) is 0.858. The Labute approximate surface area is 130 Å². The topological polar surface area (TPSA) is 45.7 Å². The van der Waals surface area contributed by atoms with E-state index in [1.54, 1.807) is 11.3 Å². The minimum atomic E-state index is -0.419. The molecule has 1 aromatic rings. The molecule has 1 unspecified atom stereocenters. The van der Waals surface area contributed by atoms with Crippen LogP contribution < -0.4 is 0 Å². The molecule has 1 fully saturated rings. The number of ether oxygens (including phenoxy) is 1. The summed E-state index contributed by atoms with van der Waals surface area (Å²) in [6.45, 7) is 9.23. The zero-order valence-corrected chi connectivity index (χ0v) is 14.2. The Kier molecular flexibility index (Phi) is 5.22. The minimum absolute atomic E-state index is 0.185. The second-order valence-corrected chi connectivity index (χ2v) is 7.72. The number of carbonyl (C=O) groups is 1. The van der Waals surface area contributed by atoms with Crippen molar-refractivity contribution in [1.82, 2.24) is 14.8 Å². The monoisotopic (exact) mass is 311 g/mol. The van der Waals surface area contributed by atoms with E-state index in [0.29, 0.717) is 5.92 Å². The number of likely N-dealkylation sites (tertiary alicyclic amines) is 1. The molecule has 21 heavy (non-hydrogen) atoms. The standard InChI is InChI=1S/C15H25N3O2S/c1-15(2,3)20-14(19)18-6-5-12(9-18)8-17(4)10-13-7-16-11-21-13/h7,11-12H,5-6,8-10H2,1-4H3. The predicted octanol–water partition coefficient (Wildman–Crippen LogP) is 2.83. The molecular weight excluding hydrogens is 286 g/mol. The highest BCUT2D eigenvalue weighted by atomic mass is 32.1. The highest BCUT2D eigenvalue weighted by Gasteiger charge is 2.30. The lowest BCUT2D eigenvalue weighted by Crippen LogP contribution is -2.36. The lowest BCUT2D eigenvalue weighted by atomic mass is 10.1. The van der Waals surface area contributed by atoms with Crippen molar-refractivity contribution < 1.29 is 9.53 Å². The van der Waals surface area contributed by atoms with Gasteiger partial charge in [0.05, 0.1) is 5.51 Å². The van der Waals surface area contributed by atoms with E-state index in [9.17, 15) is 4.79 Å². The average Bonchev–Trinajstić information content (AvgIpc) is 2.98. The summed E-state index contributed by atoms with van der Waals surface area (Å²) in [5.41, 5.74) is 1.45. The minimum Gasteiger partial charge on any atom is -0.444 e. The summed E-state index contributed by atoms with van der Waals surface area (Å²) in [6.07, 6.45) is 2.78. The van der Waals surface area contributed by atoms with Crippen molar-refractivity contribution in [3.05, 3.63) is 16.6 Å². The third kappa shape index (κ3) is 5.28. The summed E-state index contributed by atoms with van der Waals surface area (Å²) >= 11 is 1.68. The van der Waals surface area contributed by atoms with Gasteiger partial charge in [-0.15, -0.1) is 11.3 Å². The molecule has 2 heterocycles. The van der Waals surface area contributed by atoms with Gasteiger partial charge in [0, 0.05) is 37.3 Å². The first-order chi connectivity index (χ1) is 9.83. The van der Waals surface area contributed by atoms with Crippen molar-refractivity contribution >= 4 is 17.4 Å². The molecule has 0 radical (unpaired) electrons. The van der Waals surface area contributed by atoms with Gasteiger partial charge in [-0.05, 0) is 40.2 Å². The summed E-state index contributed by atoms with van der Waals surface area (Å²) in [7, 11) is 2.12. The third-order valence-corrected chi connectivity index (χ3v) is 4.18. The molecule has 0 N–H and O–H groups in total. The first-order valence-corrected chi connectivity index (χ1v) is 8.25. The number of carbonyl (C=O) groups excluding carboxylic acids is 1. The Morgan fingerprint density at radius 1 is 1.57 bits per heavy atom. The Morgan fingerprint density at radius 2 is 2.33 bits per heavy atom. The smallest absolute Gasteiger partial charge is 0.410 e. The largest absolute Gasteiger partial charge is 0.444 e. The number of aromatic nitrogens is 1. The number of nitrogens with zero attached hydrogens (tertiary/aromatic N) is 3. The molecule has 0 bridgehead atoms. The SMILES string of the molecule is CN(Cc1cncs1)CC1CCN(C(=O)OC(C)(C)C)C1. The predicted molar refractivity (Wildman–Crippen MR) is 84.4 cm³/mol. The molecule has 0 saturated carbocycles. The fourth-order valence-corrected chi connectivity index (χ4v) is 3.24. The van der Waals surface area contributed by atoms with Crippen molar-refractivity contribution in [3.63, 3.8) is 0 Å². The Bertz CT molecular complexity index is 456. The molecule has 1 aliphatic rings. The van der Waals surface area contributed by atoms with E-state index in [-0.39, 0.29) is 6.09 Å². The number of amides is 1. The molecule has 6 heteroatoms. The molecule has 0 aromatic carbocycles. The molecule has 1 saturated heterocycles. The van der Waals surface area contributed by atoms with Gasteiger partial charge in [-0.1, -0.05) is 0 Å². The summed E-state index contributed by atoms with van der Waals surface area (Å²) in [6, 6.07) is 0. The first kappa shape index (κ1) is 16.2. The average molecular weight is 311 g/mol. The van der Waals surface area contributed by atoms with Crippen LogP contribution >= 0.6 is 11.3 Å². The lowest BCUT2D eigenvalue weighted by molar-refractivity contribution is 0.0285. The number of thiazole rings is 1. The van der Waals surface area contributed by atoms with E-state index in [1.165, 1.54) is 4.88 Å². The molecule has 1 aromatic heterocycles. The van der Waals surface area contributed by atoms with E-state index in [0.717, 1.165) is 32.6 Å². The summed E-state index contributed by atoms with van der Waals surface area (Å²) in [5.74, 6) is 0.524. The zero-order valence-electron chi connectivity index (χ0n) is 13.3. The van der Waals surface area contributed by atoms with E-state index in [2.05, 4.69) is 16.9 Å². The van der Waals surface area contributed by atoms with Gasteiger partial charge in [-0.25, -0.2) is 4.79 Å². The van der Waals surface area contributed by atoms with Crippen molar-refractivity contribution in [2.24, 2.45) is 5.92 Å². The lowest BCUT2D eigenvalue weighted by Gasteiger charge is -2.25. The molecule has 0 aliphatic carbocycles. The van der Waals surface area contributed by atoms with E-state index < -0.39 is 5.60 Å². The second-order valence-electron chi connectivity index (χ2n) is 6.75. The maximum Gasteiger partial charge on any atom is 0.410 e. The number of rotatable bonds is 4. The normalized spacial score (nSPS) is 19.3. The Hall–Kier alpha value is -1.14.